The number of aliphatic hydroxyl groups is 1. The highest BCUT2D eigenvalue weighted by Gasteiger charge is 2.15. The summed E-state index contributed by atoms with van der Waals surface area (Å²) >= 11 is 0. The second-order valence-corrected chi connectivity index (χ2v) is 5.78. The number of amidine groups is 1. The van der Waals surface area contributed by atoms with Gasteiger partial charge in [0.2, 0.25) is 0 Å². The summed E-state index contributed by atoms with van der Waals surface area (Å²) in [4.78, 5) is 2.34. The first kappa shape index (κ1) is 22.7. The van der Waals surface area contributed by atoms with Gasteiger partial charge in [0.15, 0.2) is 5.84 Å². The van der Waals surface area contributed by atoms with Crippen LogP contribution in [0.4, 0.5) is 0 Å². The largest absolute Gasteiger partial charge is 0.409 e. The number of nitrogens with zero attached hydrogens (tertiary/aromatic N) is 2. The van der Waals surface area contributed by atoms with Crippen LogP contribution in [0.2, 0.25) is 0 Å². The maximum absolute atomic E-state index is 10.3. The van der Waals surface area contributed by atoms with Crippen LogP contribution in [-0.4, -0.2) is 46.8 Å². The third-order valence-electron chi connectivity index (χ3n) is 3.98. The normalized spacial score (nSPS) is 17.1. The van der Waals surface area contributed by atoms with Gasteiger partial charge in [0.05, 0.1) is 6.10 Å². The predicted molar refractivity (Wildman–Crippen MR) is 103 cm³/mol. The monoisotopic (exact) mass is 375 g/mol. The topological polar surface area (TPSA) is 82.1 Å². The smallest absolute Gasteiger partial charge is 0.162 e. The van der Waals surface area contributed by atoms with Gasteiger partial charge in [-0.05, 0) is 43.1 Å². The van der Waals surface area contributed by atoms with Crippen LogP contribution in [0.5, 0.6) is 0 Å². The van der Waals surface area contributed by atoms with Gasteiger partial charge in [-0.3, -0.25) is 0 Å². The first-order chi connectivity index (χ1) is 10.7. The minimum atomic E-state index is -0.378. The van der Waals surface area contributed by atoms with E-state index in [4.69, 9.17) is 10.9 Å². The summed E-state index contributed by atoms with van der Waals surface area (Å²) in [5, 5.41) is 21.8. The maximum atomic E-state index is 10.3. The molecule has 0 saturated carbocycles. The second kappa shape index (κ2) is 12.1. The molecule has 1 aliphatic rings. The Balaban J connectivity index is 0.00000264. The minimum absolute atomic E-state index is 0. The Kier molecular flexibility index (Phi) is 11.5. The van der Waals surface area contributed by atoms with E-state index >= 15 is 0 Å². The zero-order valence-corrected chi connectivity index (χ0v) is 15.3. The first-order valence-corrected chi connectivity index (χ1v) is 7.83. The summed E-state index contributed by atoms with van der Waals surface area (Å²) in [5.41, 5.74) is 7.50. The van der Waals surface area contributed by atoms with E-state index in [1.807, 2.05) is 24.3 Å². The summed E-state index contributed by atoms with van der Waals surface area (Å²) in [6.07, 6.45) is 7.34. The number of oxime groups is 1. The molecule has 1 heterocycles. The SMILES string of the molecule is Cl.Cl.NC(C=Cc1ccccc1CC(O)CN1CCCCC1)=NO. The molecule has 0 aliphatic carbocycles. The van der Waals surface area contributed by atoms with Crippen molar-refractivity contribution < 1.29 is 10.3 Å². The van der Waals surface area contributed by atoms with Crippen molar-refractivity contribution in [3.8, 4) is 0 Å². The Morgan fingerprint density at radius 2 is 1.88 bits per heavy atom. The van der Waals surface area contributed by atoms with Gasteiger partial charge >= 0.3 is 0 Å². The molecule has 1 aliphatic heterocycles. The van der Waals surface area contributed by atoms with Gasteiger partial charge in [0.25, 0.3) is 0 Å². The number of aliphatic hydroxyl groups excluding tert-OH is 1. The second-order valence-electron chi connectivity index (χ2n) is 5.78. The lowest BCUT2D eigenvalue weighted by molar-refractivity contribution is 0.101. The Hall–Kier alpha value is -1.27. The molecule has 1 aromatic rings. The molecule has 1 fully saturated rings. The molecule has 1 unspecified atom stereocenters. The number of benzene rings is 1. The van der Waals surface area contributed by atoms with Gasteiger partial charge in [-0.25, -0.2) is 0 Å². The third-order valence-corrected chi connectivity index (χ3v) is 3.98. The summed E-state index contributed by atoms with van der Waals surface area (Å²) in [6.45, 7) is 2.89. The lowest BCUT2D eigenvalue weighted by atomic mass is 10.0. The highest BCUT2D eigenvalue weighted by atomic mass is 35.5. The van der Waals surface area contributed by atoms with Crippen LogP contribution in [-0.2, 0) is 6.42 Å². The van der Waals surface area contributed by atoms with Crippen LogP contribution >= 0.6 is 24.8 Å². The molecular formula is C17H27Cl2N3O2. The average molecular weight is 376 g/mol. The van der Waals surface area contributed by atoms with E-state index < -0.39 is 0 Å². The molecule has 0 bridgehead atoms. The van der Waals surface area contributed by atoms with Crippen LogP contribution in [0, 0.1) is 0 Å². The number of nitrogens with two attached hydrogens (primary N) is 1. The molecule has 0 radical (unpaired) electrons. The fourth-order valence-electron chi connectivity index (χ4n) is 2.85. The highest BCUT2D eigenvalue weighted by Crippen LogP contribution is 2.15. The van der Waals surface area contributed by atoms with Crippen molar-refractivity contribution in [3.05, 3.63) is 41.5 Å². The van der Waals surface area contributed by atoms with Gasteiger partial charge in [-0.2, -0.15) is 0 Å². The van der Waals surface area contributed by atoms with E-state index in [1.165, 1.54) is 19.3 Å². The van der Waals surface area contributed by atoms with E-state index in [1.54, 1.807) is 12.2 Å². The number of halogens is 2. The number of likely N-dealkylation sites (tertiary alicyclic amines) is 1. The van der Waals surface area contributed by atoms with Crippen LogP contribution in [0.15, 0.2) is 35.5 Å². The van der Waals surface area contributed by atoms with Crippen molar-refractivity contribution in [2.75, 3.05) is 19.6 Å². The van der Waals surface area contributed by atoms with E-state index in [9.17, 15) is 5.11 Å². The molecule has 7 heteroatoms. The van der Waals surface area contributed by atoms with Crippen LogP contribution < -0.4 is 5.73 Å². The zero-order chi connectivity index (χ0) is 15.8. The Bertz CT molecular complexity index is 532. The molecule has 136 valence electrons. The zero-order valence-electron chi connectivity index (χ0n) is 13.7. The van der Waals surface area contributed by atoms with Crippen molar-refractivity contribution in [2.24, 2.45) is 10.9 Å². The molecule has 1 atom stereocenters. The molecule has 4 N–H and O–H groups in total. The summed E-state index contributed by atoms with van der Waals surface area (Å²) in [5.74, 6) is 0.0590. The number of β-amino-alcohol motifs (C(OH)–C–C–N with tert-alkyl or cyclic N) is 1. The summed E-state index contributed by atoms with van der Waals surface area (Å²) in [6, 6.07) is 7.87. The fourth-order valence-corrected chi connectivity index (χ4v) is 2.85. The number of hydrogen-bond donors (Lipinski definition) is 3. The summed E-state index contributed by atoms with van der Waals surface area (Å²) < 4.78 is 0. The molecule has 5 nitrogen and oxygen atoms in total. The molecule has 2 rings (SSSR count). The predicted octanol–water partition coefficient (Wildman–Crippen LogP) is 2.68. The van der Waals surface area contributed by atoms with Crippen molar-refractivity contribution in [1.82, 2.24) is 4.90 Å². The third kappa shape index (κ3) is 7.53. The van der Waals surface area contributed by atoms with E-state index in [0.717, 1.165) is 30.8 Å². The summed E-state index contributed by atoms with van der Waals surface area (Å²) in [7, 11) is 0. The lowest BCUT2D eigenvalue weighted by Crippen LogP contribution is -2.37. The fraction of sp³-hybridized carbons (Fsp3) is 0.471. The molecular weight excluding hydrogens is 349 g/mol. The highest BCUT2D eigenvalue weighted by molar-refractivity contribution is 5.94. The van der Waals surface area contributed by atoms with Crippen molar-refractivity contribution in [2.45, 2.75) is 31.8 Å². The van der Waals surface area contributed by atoms with Gasteiger partial charge < -0.3 is 20.9 Å². The molecule has 0 amide bonds. The van der Waals surface area contributed by atoms with Crippen LogP contribution in [0.1, 0.15) is 30.4 Å². The Morgan fingerprint density at radius 3 is 2.54 bits per heavy atom. The average Bonchev–Trinajstić information content (AvgIpc) is 2.54. The van der Waals surface area contributed by atoms with Gasteiger partial charge in [0.1, 0.15) is 0 Å². The van der Waals surface area contributed by atoms with E-state index in [-0.39, 0.29) is 36.8 Å². The number of piperidine rings is 1. The minimum Gasteiger partial charge on any atom is -0.409 e. The van der Waals surface area contributed by atoms with Crippen molar-refractivity contribution >= 4 is 36.7 Å². The van der Waals surface area contributed by atoms with Gasteiger partial charge in [0, 0.05) is 13.0 Å². The first-order valence-electron chi connectivity index (χ1n) is 7.83. The van der Waals surface area contributed by atoms with E-state index in [2.05, 4.69) is 10.1 Å². The molecule has 1 saturated heterocycles. The number of hydrogen-bond acceptors (Lipinski definition) is 4. The van der Waals surface area contributed by atoms with Crippen molar-refractivity contribution in [1.29, 1.82) is 0 Å². The quantitative estimate of drug-likeness (QED) is 0.309. The van der Waals surface area contributed by atoms with Crippen molar-refractivity contribution in [3.63, 3.8) is 0 Å². The molecule has 24 heavy (non-hydrogen) atoms. The molecule has 1 aromatic carbocycles. The van der Waals surface area contributed by atoms with Crippen LogP contribution in [0.3, 0.4) is 0 Å². The van der Waals surface area contributed by atoms with Gasteiger partial charge in [-0.1, -0.05) is 41.9 Å². The van der Waals surface area contributed by atoms with E-state index in [0.29, 0.717) is 6.42 Å². The Labute approximate surface area is 156 Å². The standard InChI is InChI=1S/C17H25N3O2.2ClH/c18-17(19-22)9-8-14-6-2-3-7-15(14)12-16(21)13-20-10-4-1-5-11-20;;/h2-3,6-9,16,21-22H,1,4-5,10-13H2,(H2,18,19);2*1H. The van der Waals surface area contributed by atoms with Crippen LogP contribution in [0.25, 0.3) is 6.08 Å². The lowest BCUT2D eigenvalue weighted by Gasteiger charge is -2.28. The molecule has 0 aromatic heterocycles. The molecule has 0 spiro atoms. The van der Waals surface area contributed by atoms with Gasteiger partial charge in [-0.15, -0.1) is 24.8 Å². The number of rotatable bonds is 6. The Morgan fingerprint density at radius 1 is 1.21 bits per heavy atom. The maximum Gasteiger partial charge on any atom is 0.162 e.